The van der Waals surface area contributed by atoms with Gasteiger partial charge in [-0.3, -0.25) is 0 Å². The number of carbonyl (C=O) groups is 1. The van der Waals surface area contributed by atoms with E-state index in [1.807, 2.05) is 26.0 Å². The van der Waals surface area contributed by atoms with Gasteiger partial charge in [0.25, 0.3) is 0 Å². The van der Waals surface area contributed by atoms with Crippen LogP contribution in [0, 0.1) is 13.8 Å². The maximum atomic E-state index is 11.2. The van der Waals surface area contributed by atoms with Crippen LogP contribution in [-0.4, -0.2) is 11.1 Å². The van der Waals surface area contributed by atoms with Crippen LogP contribution in [0.5, 0.6) is 0 Å². The molecule has 4 heteroatoms. The van der Waals surface area contributed by atoms with Crippen LogP contribution >= 0.6 is 11.8 Å². The number of carboxylic acid groups (broad SMARTS) is 1. The minimum absolute atomic E-state index is 0.277. The second-order valence-corrected chi connectivity index (χ2v) is 5.52. The summed E-state index contributed by atoms with van der Waals surface area (Å²) in [6, 6.07) is 11.0. The summed E-state index contributed by atoms with van der Waals surface area (Å²) < 4.78 is 0. The van der Waals surface area contributed by atoms with Crippen LogP contribution in [0.2, 0.25) is 0 Å². The summed E-state index contributed by atoms with van der Waals surface area (Å²) >= 11 is 1.43. The van der Waals surface area contributed by atoms with Crippen LogP contribution in [0.1, 0.15) is 21.5 Å². The van der Waals surface area contributed by atoms with E-state index in [2.05, 4.69) is 6.07 Å². The van der Waals surface area contributed by atoms with Gasteiger partial charge in [0.1, 0.15) is 0 Å². The molecule has 0 saturated heterocycles. The van der Waals surface area contributed by atoms with Gasteiger partial charge in [-0.15, -0.1) is 0 Å². The number of anilines is 1. The molecule has 0 amide bonds. The van der Waals surface area contributed by atoms with Crippen molar-refractivity contribution in [1.29, 1.82) is 0 Å². The standard InChI is InChI=1S/C15H15NO2S/c1-9-3-6-13(10(2)7-9)19-14-8-11(16)4-5-12(14)15(17)18/h3-8H,16H2,1-2H3,(H,17,18). The molecular weight excluding hydrogens is 258 g/mol. The van der Waals surface area contributed by atoms with Gasteiger partial charge in [-0.1, -0.05) is 29.5 Å². The molecule has 0 fully saturated rings. The number of benzene rings is 2. The highest BCUT2D eigenvalue weighted by atomic mass is 32.2. The lowest BCUT2D eigenvalue weighted by Crippen LogP contribution is -2.00. The summed E-state index contributed by atoms with van der Waals surface area (Å²) in [5, 5.41) is 9.19. The number of rotatable bonds is 3. The molecule has 0 aliphatic carbocycles. The molecule has 0 atom stereocenters. The van der Waals surface area contributed by atoms with Gasteiger partial charge >= 0.3 is 5.97 Å². The largest absolute Gasteiger partial charge is 0.478 e. The third-order valence-electron chi connectivity index (χ3n) is 2.79. The van der Waals surface area contributed by atoms with Crippen molar-refractivity contribution in [3.63, 3.8) is 0 Å². The highest BCUT2D eigenvalue weighted by Crippen LogP contribution is 2.34. The monoisotopic (exact) mass is 273 g/mol. The average molecular weight is 273 g/mol. The Morgan fingerprint density at radius 3 is 2.47 bits per heavy atom. The first-order chi connectivity index (χ1) is 8.97. The Bertz CT molecular complexity index is 638. The number of carboxylic acids is 1. The van der Waals surface area contributed by atoms with Crippen LogP contribution in [0.3, 0.4) is 0 Å². The number of hydrogen-bond acceptors (Lipinski definition) is 3. The second kappa shape index (κ2) is 5.36. The van der Waals surface area contributed by atoms with Gasteiger partial charge < -0.3 is 10.8 Å². The summed E-state index contributed by atoms with van der Waals surface area (Å²) in [4.78, 5) is 12.9. The van der Waals surface area contributed by atoms with Crippen molar-refractivity contribution in [2.24, 2.45) is 0 Å². The van der Waals surface area contributed by atoms with Crippen molar-refractivity contribution in [2.75, 3.05) is 5.73 Å². The first-order valence-corrected chi connectivity index (χ1v) is 6.67. The Labute approximate surface area is 116 Å². The lowest BCUT2D eigenvalue weighted by atomic mass is 10.2. The molecule has 2 aromatic rings. The molecule has 0 radical (unpaired) electrons. The Hall–Kier alpha value is -1.94. The van der Waals surface area contributed by atoms with E-state index in [0.717, 1.165) is 10.5 Å². The van der Waals surface area contributed by atoms with Crippen LogP contribution in [0.15, 0.2) is 46.2 Å². The zero-order valence-corrected chi connectivity index (χ0v) is 11.6. The molecule has 0 bridgehead atoms. The Morgan fingerprint density at radius 2 is 1.84 bits per heavy atom. The van der Waals surface area contributed by atoms with Crippen LogP contribution in [0.25, 0.3) is 0 Å². The van der Waals surface area contributed by atoms with Crippen LogP contribution < -0.4 is 5.73 Å². The van der Waals surface area contributed by atoms with E-state index < -0.39 is 5.97 Å². The highest BCUT2D eigenvalue weighted by Gasteiger charge is 2.12. The average Bonchev–Trinajstić information content (AvgIpc) is 2.32. The summed E-state index contributed by atoms with van der Waals surface area (Å²) in [6.07, 6.45) is 0. The lowest BCUT2D eigenvalue weighted by Gasteiger charge is -2.09. The minimum atomic E-state index is -0.938. The highest BCUT2D eigenvalue weighted by molar-refractivity contribution is 7.99. The van der Waals surface area contributed by atoms with E-state index in [1.54, 1.807) is 18.2 Å². The third-order valence-corrected chi connectivity index (χ3v) is 4.02. The van der Waals surface area contributed by atoms with E-state index in [0.29, 0.717) is 10.6 Å². The van der Waals surface area contributed by atoms with Crippen molar-refractivity contribution < 1.29 is 9.90 Å². The van der Waals surface area contributed by atoms with Crippen molar-refractivity contribution in [2.45, 2.75) is 23.6 Å². The zero-order chi connectivity index (χ0) is 14.0. The van der Waals surface area contributed by atoms with Crippen molar-refractivity contribution >= 4 is 23.4 Å². The van der Waals surface area contributed by atoms with Gasteiger partial charge in [-0.25, -0.2) is 4.79 Å². The molecule has 3 nitrogen and oxygen atoms in total. The quantitative estimate of drug-likeness (QED) is 0.836. The molecule has 0 unspecified atom stereocenters. The second-order valence-electron chi connectivity index (χ2n) is 4.43. The third kappa shape index (κ3) is 3.09. The SMILES string of the molecule is Cc1ccc(Sc2cc(N)ccc2C(=O)O)c(C)c1. The van der Waals surface area contributed by atoms with E-state index in [9.17, 15) is 9.90 Å². The summed E-state index contributed by atoms with van der Waals surface area (Å²) in [7, 11) is 0. The summed E-state index contributed by atoms with van der Waals surface area (Å²) in [5.74, 6) is -0.938. The first-order valence-electron chi connectivity index (χ1n) is 5.85. The summed E-state index contributed by atoms with van der Waals surface area (Å²) in [5.41, 5.74) is 8.90. The topological polar surface area (TPSA) is 63.3 Å². The van der Waals surface area contributed by atoms with Gasteiger partial charge in [-0.2, -0.15) is 0 Å². The number of hydrogen-bond donors (Lipinski definition) is 2. The number of aromatic carboxylic acids is 1. The van der Waals surface area contributed by atoms with Crippen molar-refractivity contribution in [1.82, 2.24) is 0 Å². The fourth-order valence-electron chi connectivity index (χ4n) is 1.83. The molecule has 2 rings (SSSR count). The Morgan fingerprint density at radius 1 is 1.11 bits per heavy atom. The molecule has 0 aromatic heterocycles. The fourth-order valence-corrected chi connectivity index (χ4v) is 2.89. The molecule has 3 N–H and O–H groups in total. The maximum Gasteiger partial charge on any atom is 0.336 e. The minimum Gasteiger partial charge on any atom is -0.478 e. The molecule has 0 heterocycles. The molecule has 98 valence electrons. The maximum absolute atomic E-state index is 11.2. The molecule has 0 aliphatic rings. The van der Waals surface area contributed by atoms with Crippen molar-refractivity contribution in [3.05, 3.63) is 53.1 Å². The van der Waals surface area contributed by atoms with Crippen LogP contribution in [-0.2, 0) is 0 Å². The molecule has 0 spiro atoms. The van der Waals surface area contributed by atoms with Gasteiger partial charge in [0.15, 0.2) is 0 Å². The molecular formula is C15H15NO2S. The molecule has 19 heavy (non-hydrogen) atoms. The predicted molar refractivity (Wildman–Crippen MR) is 77.9 cm³/mol. The van der Waals surface area contributed by atoms with Gasteiger partial charge in [-0.05, 0) is 43.7 Å². The lowest BCUT2D eigenvalue weighted by molar-refractivity contribution is 0.0693. The molecule has 2 aromatic carbocycles. The van der Waals surface area contributed by atoms with Gasteiger partial charge in [0.05, 0.1) is 5.56 Å². The van der Waals surface area contributed by atoms with E-state index >= 15 is 0 Å². The Balaban J connectivity index is 2.42. The van der Waals surface area contributed by atoms with Gasteiger partial charge in [0, 0.05) is 15.5 Å². The normalized spacial score (nSPS) is 10.4. The van der Waals surface area contributed by atoms with Crippen LogP contribution in [0.4, 0.5) is 5.69 Å². The Kier molecular flexibility index (Phi) is 3.81. The van der Waals surface area contributed by atoms with E-state index in [-0.39, 0.29) is 5.56 Å². The number of nitrogen functional groups attached to an aromatic ring is 1. The molecule has 0 aliphatic heterocycles. The number of nitrogens with two attached hydrogens (primary N) is 1. The first kappa shape index (κ1) is 13.5. The van der Waals surface area contributed by atoms with Crippen molar-refractivity contribution in [3.8, 4) is 0 Å². The zero-order valence-electron chi connectivity index (χ0n) is 10.8. The smallest absolute Gasteiger partial charge is 0.336 e. The van der Waals surface area contributed by atoms with E-state index in [4.69, 9.17) is 5.73 Å². The fraction of sp³-hybridized carbons (Fsp3) is 0.133. The number of aryl methyl sites for hydroxylation is 2. The summed E-state index contributed by atoms with van der Waals surface area (Å²) in [6.45, 7) is 4.05. The van der Waals surface area contributed by atoms with Gasteiger partial charge in [0.2, 0.25) is 0 Å². The molecule has 0 saturated carbocycles. The van der Waals surface area contributed by atoms with E-state index in [1.165, 1.54) is 17.3 Å². The predicted octanol–water partition coefficient (Wildman–Crippen LogP) is 3.74.